The number of aromatic nitrogens is 1. The number of amides is 1. The van der Waals surface area contributed by atoms with Crippen molar-refractivity contribution in [2.24, 2.45) is 0 Å². The fourth-order valence-corrected chi connectivity index (χ4v) is 3.54. The molecule has 0 bridgehead atoms. The van der Waals surface area contributed by atoms with Crippen LogP contribution in [0.15, 0.2) is 36.5 Å². The molecule has 2 heterocycles. The molecule has 40 heavy (non-hydrogen) atoms. The maximum Gasteiger partial charge on any atom is 0.416 e. The molecular weight excluding hydrogens is 527 g/mol. The molecule has 0 unspecified atom stereocenters. The summed E-state index contributed by atoms with van der Waals surface area (Å²) in [5, 5.41) is 8.98. The van der Waals surface area contributed by atoms with Crippen LogP contribution in [-0.4, -0.2) is 77.4 Å². The van der Waals surface area contributed by atoms with Gasteiger partial charge in [-0.05, 0) is 57.4 Å². The van der Waals surface area contributed by atoms with Crippen LogP contribution in [0.1, 0.15) is 68.2 Å². The van der Waals surface area contributed by atoms with Crippen LogP contribution >= 0.6 is 0 Å². The van der Waals surface area contributed by atoms with Gasteiger partial charge in [-0.1, -0.05) is 38.5 Å². The lowest BCUT2D eigenvalue weighted by atomic mass is 10.1. The third kappa shape index (κ3) is 12.7. The van der Waals surface area contributed by atoms with Crippen LogP contribution in [0.4, 0.5) is 18.0 Å². The highest BCUT2D eigenvalue weighted by molar-refractivity contribution is 5.88. The second-order valence-electron chi connectivity index (χ2n) is 10.3. The lowest BCUT2D eigenvalue weighted by Gasteiger charge is -2.35. The summed E-state index contributed by atoms with van der Waals surface area (Å²) < 4.78 is 48.0. The number of aryl methyl sites for hydroxylation is 1. The van der Waals surface area contributed by atoms with Crippen molar-refractivity contribution in [2.75, 3.05) is 39.8 Å². The first kappa shape index (κ1) is 34.7. The normalized spacial score (nSPS) is 13.8. The molecule has 0 radical (unpaired) electrons. The third-order valence-corrected chi connectivity index (χ3v) is 5.44. The minimum Gasteiger partial charge on any atom is -0.506 e. The van der Waals surface area contributed by atoms with Gasteiger partial charge in [0.25, 0.3) is 0 Å². The predicted molar refractivity (Wildman–Crippen MR) is 147 cm³/mol. The smallest absolute Gasteiger partial charge is 0.416 e. The quantitative estimate of drug-likeness (QED) is 0.445. The average molecular weight is 570 g/mol. The molecule has 1 saturated heterocycles. The number of hydrogen-bond acceptors (Lipinski definition) is 7. The number of carbonyl (C=O) groups excluding carboxylic acids is 2. The van der Waals surface area contributed by atoms with Crippen LogP contribution in [0, 0.1) is 6.92 Å². The summed E-state index contributed by atoms with van der Waals surface area (Å²) in [5.74, 6) is -0.451. The summed E-state index contributed by atoms with van der Waals surface area (Å²) in [7, 11) is 1.29. The standard InChI is InChI=1S/C18H25F3N2O2.C8H9NO3.C3H8/c1-17(2,3)25-16(24)23-11-9-22(10-12-23)8-7-14-5-4-6-15(13-14)18(19,20)21;1-5-3-6(10)4-9-7(5)8(11)12-2;1-3-2/h4-6,13H,7-12H2,1-3H3;3-4,10H,1-2H3;3H2,1-2H3. The van der Waals surface area contributed by atoms with E-state index >= 15 is 0 Å². The van der Waals surface area contributed by atoms with Crippen LogP contribution in [0.25, 0.3) is 0 Å². The van der Waals surface area contributed by atoms with E-state index in [1.807, 2.05) is 20.8 Å². The van der Waals surface area contributed by atoms with Gasteiger partial charge in [0.05, 0.1) is 18.9 Å². The number of pyridine rings is 1. The molecule has 2 aromatic rings. The molecule has 1 aromatic carbocycles. The predicted octanol–water partition coefficient (Wildman–Crippen LogP) is 6.10. The Balaban J connectivity index is 0.000000443. The third-order valence-electron chi connectivity index (χ3n) is 5.44. The first-order valence-corrected chi connectivity index (χ1v) is 13.2. The number of alkyl halides is 3. The van der Waals surface area contributed by atoms with Crippen molar-refractivity contribution in [3.63, 3.8) is 0 Å². The minimum atomic E-state index is -4.31. The number of aromatic hydroxyl groups is 1. The Labute approximate surface area is 235 Å². The number of benzene rings is 1. The van der Waals surface area contributed by atoms with Gasteiger partial charge in [0.1, 0.15) is 11.4 Å². The number of carbonyl (C=O) groups is 2. The summed E-state index contributed by atoms with van der Waals surface area (Å²) in [4.78, 5) is 30.5. The van der Waals surface area contributed by atoms with Crippen molar-refractivity contribution in [1.82, 2.24) is 14.8 Å². The molecule has 8 nitrogen and oxygen atoms in total. The maximum atomic E-state index is 12.7. The number of halogens is 3. The lowest BCUT2D eigenvalue weighted by molar-refractivity contribution is -0.137. The van der Waals surface area contributed by atoms with Crippen LogP contribution in [0.5, 0.6) is 5.75 Å². The zero-order valence-corrected chi connectivity index (χ0v) is 24.5. The Kier molecular flexibility index (Phi) is 13.9. The molecule has 0 aliphatic carbocycles. The summed E-state index contributed by atoms with van der Waals surface area (Å²) in [6.07, 6.45) is -1.62. The molecule has 3 rings (SSSR count). The average Bonchev–Trinajstić information content (AvgIpc) is 2.87. The zero-order chi connectivity index (χ0) is 30.5. The van der Waals surface area contributed by atoms with E-state index in [1.54, 1.807) is 17.9 Å². The Morgan fingerprint density at radius 3 is 2.15 bits per heavy atom. The van der Waals surface area contributed by atoms with Crippen molar-refractivity contribution >= 4 is 12.1 Å². The highest BCUT2D eigenvalue weighted by Crippen LogP contribution is 2.29. The minimum absolute atomic E-state index is 0.0418. The lowest BCUT2D eigenvalue weighted by Crippen LogP contribution is -2.50. The summed E-state index contributed by atoms with van der Waals surface area (Å²) in [6, 6.07) is 6.91. The zero-order valence-electron chi connectivity index (χ0n) is 24.5. The molecule has 0 spiro atoms. The first-order chi connectivity index (χ1) is 18.6. The number of ether oxygens (including phenoxy) is 2. The molecule has 1 aromatic heterocycles. The Hall–Kier alpha value is -3.34. The van der Waals surface area contributed by atoms with Gasteiger partial charge in [-0.25, -0.2) is 14.6 Å². The number of esters is 1. The van der Waals surface area contributed by atoms with Crippen LogP contribution in [-0.2, 0) is 22.1 Å². The summed E-state index contributed by atoms with van der Waals surface area (Å²) >= 11 is 0. The van der Waals surface area contributed by atoms with Gasteiger partial charge in [-0.3, -0.25) is 4.90 Å². The number of nitrogens with zero attached hydrogens (tertiary/aromatic N) is 3. The van der Waals surface area contributed by atoms with Crippen molar-refractivity contribution in [3.05, 3.63) is 58.9 Å². The summed E-state index contributed by atoms with van der Waals surface area (Å²) in [6.45, 7) is 14.6. The van der Waals surface area contributed by atoms with Gasteiger partial charge in [-0.2, -0.15) is 13.2 Å². The van der Waals surface area contributed by atoms with Crippen molar-refractivity contribution < 1.29 is 37.3 Å². The first-order valence-electron chi connectivity index (χ1n) is 13.2. The number of methoxy groups -OCH3 is 1. The van der Waals surface area contributed by atoms with E-state index in [0.717, 1.165) is 6.07 Å². The van der Waals surface area contributed by atoms with Crippen molar-refractivity contribution in [1.29, 1.82) is 0 Å². The highest BCUT2D eigenvalue weighted by atomic mass is 19.4. The molecular formula is C29H42F3N3O5. The largest absolute Gasteiger partial charge is 0.506 e. The van der Waals surface area contributed by atoms with Gasteiger partial charge in [-0.15, -0.1) is 0 Å². The van der Waals surface area contributed by atoms with E-state index in [-0.39, 0.29) is 17.5 Å². The molecule has 1 aliphatic rings. The second kappa shape index (κ2) is 16.1. The van der Waals surface area contributed by atoms with Gasteiger partial charge in [0.15, 0.2) is 5.69 Å². The number of piperazine rings is 1. The fourth-order valence-electron chi connectivity index (χ4n) is 3.54. The molecule has 1 amide bonds. The second-order valence-corrected chi connectivity index (χ2v) is 10.3. The maximum absolute atomic E-state index is 12.7. The number of hydrogen-bond donors (Lipinski definition) is 1. The summed E-state index contributed by atoms with van der Waals surface area (Å²) in [5.41, 5.74) is 0.374. The Morgan fingerprint density at radius 2 is 1.65 bits per heavy atom. The van der Waals surface area contributed by atoms with Gasteiger partial charge >= 0.3 is 18.2 Å². The molecule has 1 fully saturated rings. The molecule has 1 N–H and O–H groups in total. The fraction of sp³-hybridized carbons (Fsp3) is 0.552. The van der Waals surface area contributed by atoms with Crippen LogP contribution in [0.3, 0.4) is 0 Å². The van der Waals surface area contributed by atoms with E-state index in [2.05, 4.69) is 28.5 Å². The van der Waals surface area contributed by atoms with Crippen LogP contribution in [0.2, 0.25) is 0 Å². The van der Waals surface area contributed by atoms with Gasteiger partial charge in [0.2, 0.25) is 0 Å². The highest BCUT2D eigenvalue weighted by Gasteiger charge is 2.30. The Bertz CT molecular complexity index is 1080. The molecule has 1 aliphatic heterocycles. The molecule has 0 atom stereocenters. The van der Waals surface area contributed by atoms with Gasteiger partial charge in [0, 0.05) is 32.7 Å². The SMILES string of the molecule is CC(C)(C)OC(=O)N1CCN(CCc2cccc(C(F)(F)F)c2)CC1.CCC.COC(=O)c1ncc(O)cc1C. The Morgan fingerprint density at radius 1 is 1.05 bits per heavy atom. The van der Waals surface area contributed by atoms with E-state index in [0.29, 0.717) is 50.3 Å². The van der Waals surface area contributed by atoms with E-state index in [9.17, 15) is 22.8 Å². The van der Waals surface area contributed by atoms with E-state index < -0.39 is 23.3 Å². The topological polar surface area (TPSA) is 92.2 Å². The van der Waals surface area contributed by atoms with E-state index in [1.165, 1.54) is 37.9 Å². The van der Waals surface area contributed by atoms with Crippen molar-refractivity contribution in [2.45, 2.75) is 66.2 Å². The molecule has 0 saturated carbocycles. The van der Waals surface area contributed by atoms with Crippen LogP contribution < -0.4 is 0 Å². The molecule has 11 heteroatoms. The molecule has 224 valence electrons. The number of rotatable bonds is 4. The van der Waals surface area contributed by atoms with Gasteiger partial charge < -0.3 is 19.5 Å². The van der Waals surface area contributed by atoms with Crippen molar-refractivity contribution in [3.8, 4) is 5.75 Å². The van der Waals surface area contributed by atoms with E-state index in [4.69, 9.17) is 9.84 Å². The monoisotopic (exact) mass is 569 g/mol.